The molecular weight excluding hydrogens is 538 g/mol. The number of fused-ring (bicyclic) bond motifs is 2. The van der Waals surface area contributed by atoms with Gasteiger partial charge in [-0.15, -0.1) is 0 Å². The van der Waals surface area contributed by atoms with Gasteiger partial charge in [-0.2, -0.15) is 0 Å². The molecule has 8 nitrogen and oxygen atoms in total. The van der Waals surface area contributed by atoms with Crippen molar-refractivity contribution in [3.05, 3.63) is 97.5 Å². The molecule has 0 unspecified atom stereocenters. The van der Waals surface area contributed by atoms with Gasteiger partial charge in [0.15, 0.2) is 17.0 Å². The SMILES string of the molecule is CCOc1cc([C@@H]2CN(C)[C@]3(C(=O)Nc4ccccc43)[C@@H]2[N+](=O)[O-])cc(Br)c1OCc1ccc(C)cc1. The van der Waals surface area contributed by atoms with Crippen LogP contribution in [0, 0.1) is 17.0 Å². The number of hydrogen-bond donors (Lipinski definition) is 1. The number of para-hydroxylation sites is 1. The van der Waals surface area contributed by atoms with Crippen LogP contribution in [0.15, 0.2) is 65.1 Å². The van der Waals surface area contributed by atoms with E-state index in [0.29, 0.717) is 52.5 Å². The number of nitrogens with one attached hydrogen (secondary N) is 1. The Kier molecular flexibility index (Phi) is 6.68. The zero-order valence-electron chi connectivity index (χ0n) is 20.9. The Labute approximate surface area is 223 Å². The van der Waals surface area contributed by atoms with Crippen LogP contribution in [-0.4, -0.2) is 42.0 Å². The predicted molar refractivity (Wildman–Crippen MR) is 144 cm³/mol. The largest absolute Gasteiger partial charge is 0.490 e. The van der Waals surface area contributed by atoms with Gasteiger partial charge in [0.2, 0.25) is 0 Å². The van der Waals surface area contributed by atoms with Gasteiger partial charge in [0.1, 0.15) is 6.61 Å². The summed E-state index contributed by atoms with van der Waals surface area (Å²) in [5, 5.41) is 15.5. The Morgan fingerprint density at radius 3 is 2.59 bits per heavy atom. The van der Waals surface area contributed by atoms with E-state index in [9.17, 15) is 14.9 Å². The van der Waals surface area contributed by atoms with Crippen LogP contribution in [0.5, 0.6) is 11.5 Å². The lowest BCUT2D eigenvalue weighted by molar-refractivity contribution is -0.534. The number of likely N-dealkylation sites (N-methyl/N-ethyl adjacent to an activating group) is 1. The maximum atomic E-state index is 13.4. The first-order valence-electron chi connectivity index (χ1n) is 12.2. The fourth-order valence-corrected chi connectivity index (χ4v) is 6.20. The van der Waals surface area contributed by atoms with Gasteiger partial charge in [-0.1, -0.05) is 48.0 Å². The number of carbonyl (C=O) groups is 1. The number of ether oxygens (including phenoxy) is 2. The lowest BCUT2D eigenvalue weighted by atomic mass is 9.79. The Morgan fingerprint density at radius 2 is 1.89 bits per heavy atom. The number of carbonyl (C=O) groups excluding carboxylic acids is 1. The summed E-state index contributed by atoms with van der Waals surface area (Å²) in [6.45, 7) is 4.99. The van der Waals surface area contributed by atoms with Crippen molar-refractivity contribution in [1.29, 1.82) is 0 Å². The number of halogens is 1. The average Bonchev–Trinajstić information content (AvgIpc) is 3.34. The maximum absolute atomic E-state index is 13.4. The number of nitrogens with zero attached hydrogens (tertiary/aromatic N) is 2. The molecule has 1 amide bonds. The summed E-state index contributed by atoms with van der Waals surface area (Å²) in [4.78, 5) is 27.5. The summed E-state index contributed by atoms with van der Waals surface area (Å²) < 4.78 is 12.7. The standard InChI is InChI=1S/C28H28BrN3O5/c1-4-36-24-14-19(13-22(29)25(24)37-16-18-11-9-17(2)10-12-18)20-15-31(3)28(26(20)32(34)35)21-7-5-6-8-23(21)30-27(28)33/h5-14,20,26H,4,15-16H2,1-3H3,(H,30,33)/t20-,26+,28-/m0/s1. The second kappa shape index (κ2) is 9.79. The van der Waals surface area contributed by atoms with Crippen LogP contribution in [0.4, 0.5) is 5.69 Å². The summed E-state index contributed by atoms with van der Waals surface area (Å²) >= 11 is 3.62. The fraction of sp³-hybridized carbons (Fsp3) is 0.321. The molecule has 1 saturated heterocycles. The first-order chi connectivity index (χ1) is 17.8. The fourth-order valence-electron chi connectivity index (χ4n) is 5.62. The molecule has 192 valence electrons. The van der Waals surface area contributed by atoms with Crippen molar-refractivity contribution in [2.24, 2.45) is 0 Å². The van der Waals surface area contributed by atoms with Crippen LogP contribution in [0.3, 0.4) is 0 Å². The van der Waals surface area contributed by atoms with Crippen LogP contribution < -0.4 is 14.8 Å². The van der Waals surface area contributed by atoms with Crippen molar-refractivity contribution in [3.8, 4) is 11.5 Å². The third-order valence-corrected chi connectivity index (χ3v) is 7.89. The Hall–Kier alpha value is -3.43. The molecule has 2 aliphatic heterocycles. The lowest BCUT2D eigenvalue weighted by Gasteiger charge is -2.30. The molecule has 2 heterocycles. The quantitative estimate of drug-likeness (QED) is 0.310. The molecule has 0 radical (unpaired) electrons. The number of rotatable bonds is 7. The maximum Gasteiger partial charge on any atom is 0.256 e. The van der Waals surface area contributed by atoms with Gasteiger partial charge in [-0.25, -0.2) is 0 Å². The highest BCUT2D eigenvalue weighted by atomic mass is 79.9. The smallest absolute Gasteiger partial charge is 0.256 e. The minimum absolute atomic E-state index is 0.314. The second-order valence-electron chi connectivity index (χ2n) is 9.52. The average molecular weight is 566 g/mol. The Bertz CT molecular complexity index is 1360. The van der Waals surface area contributed by atoms with Crippen LogP contribution in [0.2, 0.25) is 0 Å². The highest BCUT2D eigenvalue weighted by Gasteiger charge is 2.68. The Balaban J connectivity index is 1.53. The first kappa shape index (κ1) is 25.2. The van der Waals surface area contributed by atoms with E-state index in [1.165, 1.54) is 5.56 Å². The van der Waals surface area contributed by atoms with Gasteiger partial charge in [-0.05, 0) is 66.2 Å². The molecule has 3 atom stereocenters. The molecule has 5 rings (SSSR count). The molecule has 0 aliphatic carbocycles. The van der Waals surface area contributed by atoms with Gasteiger partial charge in [-0.3, -0.25) is 19.8 Å². The third kappa shape index (κ3) is 4.16. The molecule has 0 bridgehead atoms. The van der Waals surface area contributed by atoms with Crippen molar-refractivity contribution in [1.82, 2.24) is 4.90 Å². The van der Waals surface area contributed by atoms with Crippen LogP contribution >= 0.6 is 15.9 Å². The van der Waals surface area contributed by atoms with E-state index in [4.69, 9.17) is 9.47 Å². The number of hydrogen-bond acceptors (Lipinski definition) is 6. The number of aryl methyl sites for hydroxylation is 1. The highest BCUT2D eigenvalue weighted by Crippen LogP contribution is 2.53. The van der Waals surface area contributed by atoms with E-state index in [-0.39, 0.29) is 10.8 Å². The molecule has 0 saturated carbocycles. The molecule has 1 fully saturated rings. The van der Waals surface area contributed by atoms with E-state index < -0.39 is 17.5 Å². The molecule has 9 heteroatoms. The molecule has 3 aromatic rings. The van der Waals surface area contributed by atoms with Gasteiger partial charge in [0.05, 0.1) is 17.0 Å². The van der Waals surface area contributed by atoms with E-state index in [2.05, 4.69) is 21.2 Å². The molecular formula is C28H28BrN3O5. The predicted octanol–water partition coefficient (Wildman–Crippen LogP) is 5.26. The summed E-state index contributed by atoms with van der Waals surface area (Å²) in [6, 6.07) is 17.7. The van der Waals surface area contributed by atoms with Crippen molar-refractivity contribution in [2.75, 3.05) is 25.5 Å². The van der Waals surface area contributed by atoms with Crippen LogP contribution in [-0.2, 0) is 16.9 Å². The molecule has 37 heavy (non-hydrogen) atoms. The number of amides is 1. The molecule has 2 aliphatic rings. The van der Waals surface area contributed by atoms with Crippen molar-refractivity contribution >= 4 is 27.5 Å². The molecule has 3 aromatic carbocycles. The highest BCUT2D eigenvalue weighted by molar-refractivity contribution is 9.10. The Morgan fingerprint density at radius 1 is 1.16 bits per heavy atom. The van der Waals surface area contributed by atoms with E-state index in [1.807, 2.05) is 67.3 Å². The van der Waals surface area contributed by atoms with Gasteiger partial charge in [0.25, 0.3) is 11.9 Å². The van der Waals surface area contributed by atoms with E-state index in [1.54, 1.807) is 19.2 Å². The second-order valence-corrected chi connectivity index (χ2v) is 10.4. The number of nitro groups is 1. The minimum atomic E-state index is -1.40. The van der Waals surface area contributed by atoms with Crippen molar-refractivity contribution in [3.63, 3.8) is 0 Å². The van der Waals surface area contributed by atoms with Gasteiger partial charge >= 0.3 is 0 Å². The minimum Gasteiger partial charge on any atom is -0.490 e. The zero-order valence-corrected chi connectivity index (χ0v) is 22.4. The summed E-state index contributed by atoms with van der Waals surface area (Å²) in [6.07, 6.45) is 0. The monoisotopic (exact) mass is 565 g/mol. The van der Waals surface area contributed by atoms with Crippen LogP contribution in [0.1, 0.15) is 35.1 Å². The first-order valence-corrected chi connectivity index (χ1v) is 13.0. The van der Waals surface area contributed by atoms with Gasteiger partial charge in [0, 0.05) is 22.7 Å². The van der Waals surface area contributed by atoms with Crippen molar-refractivity contribution in [2.45, 2.75) is 38.0 Å². The lowest BCUT2D eigenvalue weighted by Crippen LogP contribution is -2.54. The normalized spacial score (nSPS) is 22.6. The van der Waals surface area contributed by atoms with Crippen LogP contribution in [0.25, 0.3) is 0 Å². The summed E-state index contributed by atoms with van der Waals surface area (Å²) in [5.41, 5.74) is 2.74. The third-order valence-electron chi connectivity index (χ3n) is 7.30. The number of benzene rings is 3. The van der Waals surface area contributed by atoms with Crippen molar-refractivity contribution < 1.29 is 19.2 Å². The molecule has 1 spiro atoms. The summed E-state index contributed by atoms with van der Waals surface area (Å²) in [5.74, 6) is 0.107. The number of anilines is 1. The van der Waals surface area contributed by atoms with Gasteiger partial charge < -0.3 is 14.8 Å². The topological polar surface area (TPSA) is 93.9 Å². The zero-order chi connectivity index (χ0) is 26.3. The van der Waals surface area contributed by atoms with E-state index in [0.717, 1.165) is 5.56 Å². The number of likely N-dealkylation sites (tertiary alicyclic amines) is 1. The molecule has 0 aromatic heterocycles. The summed E-state index contributed by atoms with van der Waals surface area (Å²) in [7, 11) is 1.77. The van der Waals surface area contributed by atoms with E-state index >= 15 is 0 Å². The molecule has 1 N–H and O–H groups in total.